The van der Waals surface area contributed by atoms with Gasteiger partial charge in [0, 0.05) is 34.5 Å². The van der Waals surface area contributed by atoms with Gasteiger partial charge in [0.1, 0.15) is 0 Å². The average Bonchev–Trinajstić information content (AvgIpc) is 2.96. The van der Waals surface area contributed by atoms with Crippen LogP contribution in [0.1, 0.15) is 36.0 Å². The van der Waals surface area contributed by atoms with Gasteiger partial charge in [0.25, 0.3) is 5.91 Å². The van der Waals surface area contributed by atoms with Crippen LogP contribution in [0, 0.1) is 0 Å². The SMILES string of the molecule is O=C(CNc1ccc(C(=O)N2CCCCCC2)cc1)Nc1cccc(Br)c1. The lowest BCUT2D eigenvalue weighted by atomic mass is 10.1. The van der Waals surface area contributed by atoms with Crippen LogP contribution in [-0.2, 0) is 4.79 Å². The van der Waals surface area contributed by atoms with Crippen molar-refractivity contribution in [1.82, 2.24) is 4.90 Å². The van der Waals surface area contributed by atoms with Crippen molar-refractivity contribution in [2.24, 2.45) is 0 Å². The fourth-order valence-electron chi connectivity index (χ4n) is 3.14. The molecule has 1 aliphatic rings. The quantitative estimate of drug-likeness (QED) is 0.734. The molecule has 3 rings (SSSR count). The molecule has 2 aromatic rings. The Morgan fingerprint density at radius 1 is 0.926 bits per heavy atom. The zero-order valence-electron chi connectivity index (χ0n) is 15.2. The summed E-state index contributed by atoms with van der Waals surface area (Å²) in [5.74, 6) is -0.0336. The summed E-state index contributed by atoms with van der Waals surface area (Å²) in [5.41, 5.74) is 2.25. The first-order valence-electron chi connectivity index (χ1n) is 9.30. The molecular formula is C21H24BrN3O2. The summed E-state index contributed by atoms with van der Waals surface area (Å²) in [6.45, 7) is 1.84. The summed E-state index contributed by atoms with van der Waals surface area (Å²) in [4.78, 5) is 26.6. The fourth-order valence-corrected chi connectivity index (χ4v) is 3.54. The molecule has 0 unspecified atom stereocenters. The van der Waals surface area contributed by atoms with Gasteiger partial charge in [-0.3, -0.25) is 9.59 Å². The molecule has 2 aromatic carbocycles. The molecule has 0 bridgehead atoms. The maximum Gasteiger partial charge on any atom is 0.253 e. The van der Waals surface area contributed by atoms with E-state index in [-0.39, 0.29) is 18.4 Å². The van der Waals surface area contributed by atoms with Crippen LogP contribution >= 0.6 is 15.9 Å². The van der Waals surface area contributed by atoms with E-state index in [4.69, 9.17) is 0 Å². The highest BCUT2D eigenvalue weighted by Gasteiger charge is 2.17. The van der Waals surface area contributed by atoms with E-state index in [1.165, 1.54) is 12.8 Å². The van der Waals surface area contributed by atoms with E-state index in [2.05, 4.69) is 26.6 Å². The lowest BCUT2D eigenvalue weighted by Gasteiger charge is -2.20. The van der Waals surface area contributed by atoms with Crippen LogP contribution in [0.5, 0.6) is 0 Å². The predicted octanol–water partition coefficient (Wildman–Crippen LogP) is 4.52. The molecule has 2 N–H and O–H groups in total. The highest BCUT2D eigenvalue weighted by Crippen LogP contribution is 2.17. The average molecular weight is 430 g/mol. The number of likely N-dealkylation sites (tertiary alicyclic amines) is 1. The minimum absolute atomic E-state index is 0.0934. The number of benzene rings is 2. The van der Waals surface area contributed by atoms with Gasteiger partial charge in [-0.05, 0) is 55.3 Å². The lowest BCUT2D eigenvalue weighted by Crippen LogP contribution is -2.31. The van der Waals surface area contributed by atoms with E-state index in [0.29, 0.717) is 5.56 Å². The number of hydrogen-bond donors (Lipinski definition) is 2. The van der Waals surface area contributed by atoms with Gasteiger partial charge < -0.3 is 15.5 Å². The Morgan fingerprint density at radius 3 is 2.30 bits per heavy atom. The maximum atomic E-state index is 12.6. The number of amides is 2. The van der Waals surface area contributed by atoms with Crippen LogP contribution in [-0.4, -0.2) is 36.3 Å². The van der Waals surface area contributed by atoms with E-state index in [9.17, 15) is 9.59 Å². The van der Waals surface area contributed by atoms with Crippen molar-refractivity contribution in [2.45, 2.75) is 25.7 Å². The maximum absolute atomic E-state index is 12.6. The zero-order chi connectivity index (χ0) is 19.1. The number of nitrogens with one attached hydrogen (secondary N) is 2. The molecule has 6 heteroatoms. The van der Waals surface area contributed by atoms with E-state index in [1.54, 1.807) is 0 Å². The molecule has 27 heavy (non-hydrogen) atoms. The molecule has 0 saturated carbocycles. The standard InChI is InChI=1S/C21H24BrN3O2/c22-17-6-5-7-19(14-17)24-20(26)15-23-18-10-8-16(9-11-18)21(27)25-12-3-1-2-4-13-25/h5-11,14,23H,1-4,12-13,15H2,(H,24,26). The summed E-state index contributed by atoms with van der Waals surface area (Å²) in [6.07, 6.45) is 4.57. The third-order valence-corrected chi connectivity index (χ3v) is 5.08. The third kappa shape index (κ3) is 5.82. The smallest absolute Gasteiger partial charge is 0.253 e. The number of carbonyl (C=O) groups excluding carboxylic acids is 2. The molecule has 0 radical (unpaired) electrons. The summed E-state index contributed by atoms with van der Waals surface area (Å²) in [5, 5.41) is 5.93. The first-order valence-corrected chi connectivity index (χ1v) is 10.1. The number of rotatable bonds is 5. The topological polar surface area (TPSA) is 61.4 Å². The van der Waals surface area contributed by atoms with E-state index >= 15 is 0 Å². The molecule has 0 aromatic heterocycles. The number of hydrogen-bond acceptors (Lipinski definition) is 3. The Bertz CT molecular complexity index is 784. The molecule has 1 aliphatic heterocycles. The minimum Gasteiger partial charge on any atom is -0.376 e. The van der Waals surface area contributed by atoms with E-state index in [1.807, 2.05) is 53.4 Å². The van der Waals surface area contributed by atoms with Gasteiger partial charge >= 0.3 is 0 Å². The highest BCUT2D eigenvalue weighted by molar-refractivity contribution is 9.10. The normalized spacial score (nSPS) is 14.3. The first kappa shape index (κ1) is 19.4. The van der Waals surface area contributed by atoms with E-state index in [0.717, 1.165) is 41.8 Å². The van der Waals surface area contributed by atoms with Crippen LogP contribution in [0.25, 0.3) is 0 Å². The van der Waals surface area contributed by atoms with Gasteiger partial charge in [-0.15, -0.1) is 0 Å². The summed E-state index contributed by atoms with van der Waals surface area (Å²) in [7, 11) is 0. The Morgan fingerprint density at radius 2 is 1.63 bits per heavy atom. The number of carbonyl (C=O) groups is 2. The third-order valence-electron chi connectivity index (χ3n) is 4.59. The second-order valence-corrected chi connectivity index (χ2v) is 7.61. The second-order valence-electron chi connectivity index (χ2n) is 6.70. The summed E-state index contributed by atoms with van der Waals surface area (Å²) < 4.78 is 0.915. The Kier molecular flexibility index (Phi) is 6.87. The van der Waals surface area contributed by atoms with Gasteiger partial charge in [-0.1, -0.05) is 34.8 Å². The van der Waals surface area contributed by atoms with Crippen LogP contribution in [0.2, 0.25) is 0 Å². The molecule has 142 valence electrons. The largest absolute Gasteiger partial charge is 0.376 e. The Labute approximate surface area is 168 Å². The van der Waals surface area contributed by atoms with Crippen molar-refractivity contribution in [3.8, 4) is 0 Å². The van der Waals surface area contributed by atoms with Crippen molar-refractivity contribution in [3.05, 3.63) is 58.6 Å². The van der Waals surface area contributed by atoms with Crippen molar-refractivity contribution in [3.63, 3.8) is 0 Å². The molecule has 1 saturated heterocycles. The molecule has 2 amide bonds. The number of anilines is 2. The monoisotopic (exact) mass is 429 g/mol. The van der Waals surface area contributed by atoms with Crippen LogP contribution < -0.4 is 10.6 Å². The minimum atomic E-state index is -0.127. The molecule has 0 spiro atoms. The molecule has 0 atom stereocenters. The summed E-state index contributed by atoms with van der Waals surface area (Å²) in [6, 6.07) is 14.8. The van der Waals surface area contributed by atoms with Crippen LogP contribution in [0.4, 0.5) is 11.4 Å². The van der Waals surface area contributed by atoms with Crippen LogP contribution in [0.3, 0.4) is 0 Å². The summed E-state index contributed by atoms with van der Waals surface area (Å²) >= 11 is 3.38. The Balaban J connectivity index is 1.51. The molecule has 1 fully saturated rings. The molecular weight excluding hydrogens is 406 g/mol. The molecule has 0 aliphatic carbocycles. The highest BCUT2D eigenvalue weighted by atomic mass is 79.9. The zero-order valence-corrected chi connectivity index (χ0v) is 16.8. The second kappa shape index (κ2) is 9.55. The van der Waals surface area contributed by atoms with Gasteiger partial charge in [0.15, 0.2) is 0 Å². The number of nitrogens with zero attached hydrogens (tertiary/aromatic N) is 1. The lowest BCUT2D eigenvalue weighted by molar-refractivity contribution is -0.114. The van der Waals surface area contributed by atoms with Crippen molar-refractivity contribution < 1.29 is 9.59 Å². The van der Waals surface area contributed by atoms with Gasteiger partial charge in [0.2, 0.25) is 5.91 Å². The number of halogens is 1. The molecule has 5 nitrogen and oxygen atoms in total. The van der Waals surface area contributed by atoms with Crippen LogP contribution in [0.15, 0.2) is 53.0 Å². The van der Waals surface area contributed by atoms with Gasteiger partial charge in [0.05, 0.1) is 6.54 Å². The Hall–Kier alpha value is -2.34. The van der Waals surface area contributed by atoms with E-state index < -0.39 is 0 Å². The fraction of sp³-hybridized carbons (Fsp3) is 0.333. The van der Waals surface area contributed by atoms with Crippen molar-refractivity contribution >= 4 is 39.1 Å². The predicted molar refractivity (Wildman–Crippen MR) is 112 cm³/mol. The van der Waals surface area contributed by atoms with Gasteiger partial charge in [-0.2, -0.15) is 0 Å². The van der Waals surface area contributed by atoms with Crippen molar-refractivity contribution in [1.29, 1.82) is 0 Å². The first-order chi connectivity index (χ1) is 13.1. The van der Waals surface area contributed by atoms with Gasteiger partial charge in [-0.25, -0.2) is 0 Å². The van der Waals surface area contributed by atoms with Crippen molar-refractivity contribution in [2.75, 3.05) is 30.3 Å². The molecule has 1 heterocycles.